The Hall–Kier alpha value is -2.40. The Morgan fingerprint density at radius 2 is 2.03 bits per heavy atom. The van der Waals surface area contributed by atoms with Gasteiger partial charge in [-0.15, -0.1) is 16.7 Å². The van der Waals surface area contributed by atoms with Crippen LogP contribution in [0.1, 0.15) is 53.0 Å². The van der Waals surface area contributed by atoms with Gasteiger partial charge in [-0.1, -0.05) is 35.9 Å². The highest BCUT2D eigenvalue weighted by Crippen LogP contribution is 2.56. The van der Waals surface area contributed by atoms with Crippen molar-refractivity contribution in [2.24, 2.45) is 12.5 Å². The summed E-state index contributed by atoms with van der Waals surface area (Å²) in [6.45, 7) is 4.13. The van der Waals surface area contributed by atoms with Gasteiger partial charge in [-0.2, -0.15) is 0 Å². The molecule has 1 saturated carbocycles. The monoisotopic (exact) mass is 411 g/mol. The fraction of sp³-hybridized carbons (Fsp3) is 0.435. The minimum atomic E-state index is -0.561. The lowest BCUT2D eigenvalue weighted by atomic mass is 9.57. The molecule has 5 nitrogen and oxygen atoms in total. The van der Waals surface area contributed by atoms with Crippen LogP contribution in [-0.4, -0.2) is 28.1 Å². The third kappa shape index (κ3) is 3.03. The fourth-order valence-corrected chi connectivity index (χ4v) is 5.03. The number of ether oxygens (including phenoxy) is 1. The molecule has 29 heavy (non-hydrogen) atoms. The van der Waals surface area contributed by atoms with Crippen LogP contribution in [0.5, 0.6) is 0 Å². The summed E-state index contributed by atoms with van der Waals surface area (Å²) in [6.07, 6.45) is 2.64. The summed E-state index contributed by atoms with van der Waals surface area (Å²) in [4.78, 5) is 13.0. The summed E-state index contributed by atoms with van der Waals surface area (Å²) >= 11 is 6.21. The first kappa shape index (κ1) is 19.9. The van der Waals surface area contributed by atoms with Crippen LogP contribution in [0.3, 0.4) is 0 Å². The molecular weight excluding hydrogens is 386 g/mol. The zero-order chi connectivity index (χ0) is 20.8. The molecule has 1 fully saturated rings. The van der Waals surface area contributed by atoms with Gasteiger partial charge in [-0.05, 0) is 60.6 Å². The summed E-state index contributed by atoms with van der Waals surface area (Å²) in [7, 11) is 3.37. The molecule has 6 heteroatoms. The Morgan fingerprint density at radius 1 is 1.28 bits per heavy atom. The number of hydrogen-bond donors (Lipinski definition) is 0. The number of methoxy groups -OCH3 is 1. The Morgan fingerprint density at radius 3 is 2.66 bits per heavy atom. The maximum Gasteiger partial charge on any atom is 0.312 e. The van der Waals surface area contributed by atoms with Crippen LogP contribution < -0.4 is 0 Å². The first-order valence-corrected chi connectivity index (χ1v) is 10.5. The maximum atomic E-state index is 13.0. The van der Waals surface area contributed by atoms with E-state index in [0.29, 0.717) is 5.88 Å². The summed E-state index contributed by atoms with van der Waals surface area (Å²) in [5.41, 5.74) is 6.80. The van der Waals surface area contributed by atoms with Gasteiger partial charge in [0.15, 0.2) is 0 Å². The molecule has 0 N–H and O–H groups in total. The molecule has 0 bridgehead atoms. The second-order valence-corrected chi connectivity index (χ2v) is 8.38. The molecule has 0 spiro atoms. The molecular formula is C23H26ClN3O2. The first-order valence-electron chi connectivity index (χ1n) is 9.95. The SMILES string of the molecule is COC(=O)C1(C(c2ccc(C)c(CCl)c2)c2ccc3c(nnn3C)c2C)CCC1. The number of alkyl halides is 1. The number of aromatic nitrogens is 3. The predicted molar refractivity (Wildman–Crippen MR) is 114 cm³/mol. The predicted octanol–water partition coefficient (Wildman–Crippen LogP) is 4.80. The zero-order valence-corrected chi connectivity index (χ0v) is 18.1. The summed E-state index contributed by atoms with van der Waals surface area (Å²) in [5, 5.41) is 8.54. The van der Waals surface area contributed by atoms with E-state index in [1.54, 1.807) is 4.68 Å². The molecule has 1 unspecified atom stereocenters. The average Bonchev–Trinajstić information content (AvgIpc) is 3.07. The van der Waals surface area contributed by atoms with Crippen molar-refractivity contribution in [3.63, 3.8) is 0 Å². The maximum absolute atomic E-state index is 13.0. The Balaban J connectivity index is 1.97. The third-order valence-corrected chi connectivity index (χ3v) is 6.92. The number of fused-ring (bicyclic) bond motifs is 1. The van der Waals surface area contributed by atoms with Crippen molar-refractivity contribution in [2.45, 2.75) is 44.9 Å². The molecule has 4 rings (SSSR count). The van der Waals surface area contributed by atoms with Crippen molar-refractivity contribution in [1.82, 2.24) is 15.0 Å². The van der Waals surface area contributed by atoms with E-state index in [0.717, 1.165) is 58.1 Å². The smallest absolute Gasteiger partial charge is 0.312 e. The van der Waals surface area contributed by atoms with Crippen molar-refractivity contribution in [3.05, 3.63) is 58.1 Å². The standard InChI is InChI=1S/C23H26ClN3O2/c1-14-6-7-16(12-17(14)13-24)20(23(10-5-11-23)22(28)29-4)18-8-9-19-21(15(18)2)25-26-27(19)3/h6-9,12,20H,5,10-11,13H2,1-4H3. The molecule has 0 aliphatic heterocycles. The van der Waals surface area contributed by atoms with Crippen LogP contribution in [0.15, 0.2) is 30.3 Å². The molecule has 1 heterocycles. The number of aryl methyl sites for hydroxylation is 3. The molecule has 1 atom stereocenters. The van der Waals surface area contributed by atoms with Crippen LogP contribution in [0.4, 0.5) is 0 Å². The lowest BCUT2D eigenvalue weighted by Gasteiger charge is -2.46. The lowest BCUT2D eigenvalue weighted by Crippen LogP contribution is -2.44. The van der Waals surface area contributed by atoms with E-state index in [9.17, 15) is 4.79 Å². The van der Waals surface area contributed by atoms with Crippen molar-refractivity contribution in [1.29, 1.82) is 0 Å². The van der Waals surface area contributed by atoms with E-state index in [2.05, 4.69) is 48.4 Å². The molecule has 0 radical (unpaired) electrons. The summed E-state index contributed by atoms with van der Waals surface area (Å²) in [5.74, 6) is 0.192. The number of carbonyl (C=O) groups excluding carboxylic acids is 1. The number of hydrogen-bond acceptors (Lipinski definition) is 4. The highest BCUT2D eigenvalue weighted by atomic mass is 35.5. The van der Waals surface area contributed by atoms with Crippen molar-refractivity contribution >= 4 is 28.6 Å². The van der Waals surface area contributed by atoms with E-state index in [4.69, 9.17) is 16.3 Å². The number of benzene rings is 2. The van der Waals surface area contributed by atoms with Crippen LogP contribution >= 0.6 is 11.6 Å². The van der Waals surface area contributed by atoms with Gasteiger partial charge < -0.3 is 4.74 Å². The molecule has 3 aromatic rings. The van der Waals surface area contributed by atoms with Gasteiger partial charge in [0.25, 0.3) is 0 Å². The van der Waals surface area contributed by atoms with Gasteiger partial charge in [0.05, 0.1) is 18.0 Å². The number of nitrogens with zero attached hydrogens (tertiary/aromatic N) is 3. The highest BCUT2D eigenvalue weighted by Gasteiger charge is 2.52. The Labute approximate surface area is 176 Å². The van der Waals surface area contributed by atoms with Gasteiger partial charge >= 0.3 is 5.97 Å². The molecule has 152 valence electrons. The van der Waals surface area contributed by atoms with Gasteiger partial charge in [0.1, 0.15) is 5.52 Å². The summed E-state index contributed by atoms with van der Waals surface area (Å²) < 4.78 is 7.07. The third-order valence-electron chi connectivity index (χ3n) is 6.63. The van der Waals surface area contributed by atoms with Gasteiger partial charge in [-0.3, -0.25) is 4.79 Å². The molecule has 2 aromatic carbocycles. The normalized spacial score (nSPS) is 16.4. The minimum absolute atomic E-state index is 0.113. The van der Waals surface area contributed by atoms with Crippen molar-refractivity contribution < 1.29 is 9.53 Å². The number of esters is 1. The van der Waals surface area contributed by atoms with E-state index in [1.807, 2.05) is 13.1 Å². The summed E-state index contributed by atoms with van der Waals surface area (Å²) in [6, 6.07) is 10.5. The van der Waals surface area contributed by atoms with Crippen LogP contribution in [0.2, 0.25) is 0 Å². The van der Waals surface area contributed by atoms with Crippen LogP contribution in [0, 0.1) is 19.3 Å². The minimum Gasteiger partial charge on any atom is -0.469 e. The fourth-order valence-electron chi connectivity index (χ4n) is 4.74. The van der Waals surface area contributed by atoms with Gasteiger partial charge in [0.2, 0.25) is 0 Å². The van der Waals surface area contributed by atoms with E-state index < -0.39 is 5.41 Å². The van der Waals surface area contributed by atoms with Crippen LogP contribution in [-0.2, 0) is 22.5 Å². The molecule has 1 aromatic heterocycles. The largest absolute Gasteiger partial charge is 0.469 e. The highest BCUT2D eigenvalue weighted by molar-refractivity contribution is 6.17. The van der Waals surface area contributed by atoms with Gasteiger partial charge in [0, 0.05) is 18.8 Å². The Bertz CT molecular complexity index is 1090. The molecule has 1 aliphatic carbocycles. The molecule has 1 aliphatic rings. The topological polar surface area (TPSA) is 57.0 Å². The number of halogens is 1. The number of carbonyl (C=O) groups is 1. The quantitative estimate of drug-likeness (QED) is 0.447. The van der Waals surface area contributed by atoms with E-state index in [1.165, 1.54) is 7.11 Å². The van der Waals surface area contributed by atoms with Crippen molar-refractivity contribution in [3.8, 4) is 0 Å². The first-order chi connectivity index (χ1) is 13.9. The van der Waals surface area contributed by atoms with Crippen molar-refractivity contribution in [2.75, 3.05) is 7.11 Å². The lowest BCUT2D eigenvalue weighted by molar-refractivity contribution is -0.159. The zero-order valence-electron chi connectivity index (χ0n) is 17.3. The molecule has 0 saturated heterocycles. The van der Waals surface area contributed by atoms with E-state index in [-0.39, 0.29) is 11.9 Å². The number of rotatable bonds is 5. The average molecular weight is 412 g/mol. The van der Waals surface area contributed by atoms with E-state index >= 15 is 0 Å². The molecule has 0 amide bonds. The Kier molecular flexibility index (Phi) is 5.11. The second kappa shape index (κ2) is 7.45. The van der Waals surface area contributed by atoms with Gasteiger partial charge in [-0.25, -0.2) is 4.68 Å². The van der Waals surface area contributed by atoms with Crippen LogP contribution in [0.25, 0.3) is 11.0 Å². The second-order valence-electron chi connectivity index (χ2n) is 8.11.